The highest BCUT2D eigenvalue weighted by atomic mass is 19.3. The topological polar surface area (TPSA) is 105 Å². The summed E-state index contributed by atoms with van der Waals surface area (Å²) in [6.07, 6.45) is 0.734. The lowest BCUT2D eigenvalue weighted by atomic mass is 10.1. The molecule has 3 heterocycles. The van der Waals surface area contributed by atoms with Gasteiger partial charge in [0.25, 0.3) is 18.2 Å². The third-order valence-corrected chi connectivity index (χ3v) is 4.56. The average Bonchev–Trinajstić information content (AvgIpc) is 3.03. The van der Waals surface area contributed by atoms with Crippen molar-refractivity contribution in [2.24, 2.45) is 0 Å². The number of amides is 2. The van der Waals surface area contributed by atoms with E-state index in [4.69, 9.17) is 9.84 Å². The molecule has 0 bridgehead atoms. The summed E-state index contributed by atoms with van der Waals surface area (Å²) in [5, 5.41) is 11.5. The highest BCUT2D eigenvalue weighted by Gasteiger charge is 2.31. The maximum atomic E-state index is 12.8. The molecule has 2 amide bonds. The first kappa shape index (κ1) is 21.6. The molecule has 3 rings (SSSR count). The fourth-order valence-electron chi connectivity index (χ4n) is 3.19. The Morgan fingerprint density at radius 1 is 1.40 bits per heavy atom. The lowest BCUT2D eigenvalue weighted by Crippen LogP contribution is -2.27. The molecular weight excluding hydrogens is 398 g/mol. The summed E-state index contributed by atoms with van der Waals surface area (Å²) < 4.78 is 29.6. The molecule has 2 aromatic heterocycles. The molecule has 1 aliphatic heterocycles. The molecule has 2 N–H and O–H groups in total. The Bertz CT molecular complexity index is 939. The monoisotopic (exact) mass is 420 g/mol. The lowest BCUT2D eigenvalue weighted by Gasteiger charge is -2.16. The zero-order valence-corrected chi connectivity index (χ0v) is 16.4. The second-order valence-corrected chi connectivity index (χ2v) is 6.85. The van der Waals surface area contributed by atoms with Crippen molar-refractivity contribution >= 4 is 11.8 Å². The summed E-state index contributed by atoms with van der Waals surface area (Å²) in [5.41, 5.74) is 2.44. The zero-order chi connectivity index (χ0) is 21.7. The molecule has 0 unspecified atom stereocenters. The van der Waals surface area contributed by atoms with Crippen molar-refractivity contribution in [2.75, 3.05) is 19.8 Å². The second-order valence-electron chi connectivity index (χ2n) is 6.85. The molecule has 0 atom stereocenters. The van der Waals surface area contributed by atoms with Crippen LogP contribution in [0.2, 0.25) is 0 Å². The minimum absolute atomic E-state index is 0.0354. The van der Waals surface area contributed by atoms with E-state index in [-0.39, 0.29) is 37.2 Å². The number of aromatic nitrogens is 2. The van der Waals surface area contributed by atoms with Crippen LogP contribution in [0.25, 0.3) is 0 Å². The molecule has 8 nitrogen and oxygen atoms in total. The molecule has 160 valence electrons. The first-order valence-electron chi connectivity index (χ1n) is 9.43. The van der Waals surface area contributed by atoms with Crippen molar-refractivity contribution in [1.82, 2.24) is 20.2 Å². The number of nitrogens with zero attached hydrogens (tertiary/aromatic N) is 3. The van der Waals surface area contributed by atoms with E-state index < -0.39 is 18.9 Å². The van der Waals surface area contributed by atoms with Crippen molar-refractivity contribution in [2.45, 2.75) is 32.9 Å². The largest absolute Gasteiger partial charge is 0.471 e. The molecule has 10 heteroatoms. The van der Waals surface area contributed by atoms with Crippen molar-refractivity contribution in [3.63, 3.8) is 0 Å². The van der Waals surface area contributed by atoms with Crippen LogP contribution in [-0.2, 0) is 13.1 Å². The van der Waals surface area contributed by atoms with Crippen LogP contribution < -0.4 is 10.1 Å². The van der Waals surface area contributed by atoms with Gasteiger partial charge in [0.15, 0.2) is 6.61 Å². The molecule has 0 spiro atoms. The van der Waals surface area contributed by atoms with E-state index in [9.17, 15) is 18.4 Å². The van der Waals surface area contributed by atoms with Gasteiger partial charge in [0, 0.05) is 55.3 Å². The van der Waals surface area contributed by atoms with Crippen LogP contribution in [-0.4, -0.2) is 58.0 Å². The first-order chi connectivity index (χ1) is 14.4. The zero-order valence-electron chi connectivity index (χ0n) is 16.4. The Balaban J connectivity index is 1.71. The van der Waals surface area contributed by atoms with E-state index in [1.807, 2.05) is 0 Å². The fourth-order valence-corrected chi connectivity index (χ4v) is 3.19. The van der Waals surface area contributed by atoms with Crippen LogP contribution in [0.5, 0.6) is 5.88 Å². The van der Waals surface area contributed by atoms with E-state index >= 15 is 0 Å². The molecule has 0 radical (unpaired) electrons. The maximum Gasteiger partial charge on any atom is 0.272 e. The van der Waals surface area contributed by atoms with Crippen LogP contribution >= 0.6 is 0 Å². The van der Waals surface area contributed by atoms with Crippen LogP contribution in [0, 0.1) is 6.92 Å². The number of alkyl halides is 2. The SMILES string of the molecule is Cc1cc(CN2Cc3c(ccnc3C(=O)NCCCO)C2=O)cnc1OCC(F)F. The van der Waals surface area contributed by atoms with Crippen LogP contribution in [0.1, 0.15) is 44.0 Å². The Kier molecular flexibility index (Phi) is 6.88. The van der Waals surface area contributed by atoms with Crippen LogP contribution in [0.15, 0.2) is 24.5 Å². The number of aliphatic hydroxyl groups excluding tert-OH is 1. The van der Waals surface area contributed by atoms with Gasteiger partial charge in [-0.15, -0.1) is 0 Å². The summed E-state index contributed by atoms with van der Waals surface area (Å²) in [7, 11) is 0. The molecular formula is C20H22F2N4O4. The van der Waals surface area contributed by atoms with E-state index in [2.05, 4.69) is 15.3 Å². The van der Waals surface area contributed by atoms with Gasteiger partial charge in [-0.1, -0.05) is 0 Å². The number of carbonyl (C=O) groups excluding carboxylic acids is 2. The summed E-state index contributed by atoms with van der Waals surface area (Å²) in [5.74, 6) is -0.499. The third kappa shape index (κ3) is 4.88. The van der Waals surface area contributed by atoms with Gasteiger partial charge in [0.2, 0.25) is 5.88 Å². The highest BCUT2D eigenvalue weighted by molar-refractivity contribution is 6.03. The smallest absolute Gasteiger partial charge is 0.272 e. The van der Waals surface area contributed by atoms with Crippen LogP contribution in [0.3, 0.4) is 0 Å². The number of aryl methyl sites for hydroxylation is 1. The summed E-state index contributed by atoms with van der Waals surface area (Å²) in [6.45, 7) is 1.69. The normalized spacial score (nSPS) is 13.0. The Morgan fingerprint density at radius 2 is 2.20 bits per heavy atom. The minimum Gasteiger partial charge on any atom is -0.471 e. The molecule has 0 saturated heterocycles. The fraction of sp³-hybridized carbons (Fsp3) is 0.400. The molecule has 0 aliphatic carbocycles. The standard InChI is InChI=1S/C20H22F2N4O4/c1-12-7-13(8-25-19(12)30-11-16(21)22)9-26-10-15-14(20(26)29)3-5-23-17(15)18(28)24-4-2-6-27/h3,5,7-8,16,27H,2,4,6,9-11H2,1H3,(H,24,28). The van der Waals surface area contributed by atoms with Crippen molar-refractivity contribution in [1.29, 1.82) is 0 Å². The number of carbonyl (C=O) groups is 2. The van der Waals surface area contributed by atoms with Gasteiger partial charge in [-0.3, -0.25) is 14.6 Å². The van der Waals surface area contributed by atoms with E-state index in [0.717, 1.165) is 0 Å². The number of ether oxygens (including phenoxy) is 1. The van der Waals surface area contributed by atoms with E-state index in [0.29, 0.717) is 35.2 Å². The number of aliphatic hydroxyl groups is 1. The molecule has 0 aromatic carbocycles. The first-order valence-corrected chi connectivity index (χ1v) is 9.43. The highest BCUT2D eigenvalue weighted by Crippen LogP contribution is 2.27. The Morgan fingerprint density at radius 3 is 2.90 bits per heavy atom. The molecule has 30 heavy (non-hydrogen) atoms. The van der Waals surface area contributed by atoms with Crippen LogP contribution in [0.4, 0.5) is 8.78 Å². The molecule has 1 aliphatic rings. The maximum absolute atomic E-state index is 12.8. The van der Waals surface area contributed by atoms with Gasteiger partial charge in [-0.05, 0) is 31.0 Å². The van der Waals surface area contributed by atoms with Gasteiger partial charge in [-0.25, -0.2) is 13.8 Å². The quantitative estimate of drug-likeness (QED) is 0.599. The van der Waals surface area contributed by atoms with E-state index in [1.54, 1.807) is 24.0 Å². The van der Waals surface area contributed by atoms with Crippen molar-refractivity contribution < 1.29 is 28.2 Å². The van der Waals surface area contributed by atoms with Crippen molar-refractivity contribution in [3.05, 3.63) is 52.5 Å². The Labute approximate surface area is 171 Å². The van der Waals surface area contributed by atoms with Gasteiger partial charge in [0.1, 0.15) is 5.69 Å². The third-order valence-electron chi connectivity index (χ3n) is 4.56. The number of hydrogen-bond acceptors (Lipinski definition) is 6. The summed E-state index contributed by atoms with van der Waals surface area (Å²) in [6, 6.07) is 3.30. The predicted molar refractivity (Wildman–Crippen MR) is 102 cm³/mol. The predicted octanol–water partition coefficient (Wildman–Crippen LogP) is 1.70. The van der Waals surface area contributed by atoms with Gasteiger partial charge in [0.05, 0.1) is 0 Å². The lowest BCUT2D eigenvalue weighted by molar-refractivity contribution is 0.0761. The van der Waals surface area contributed by atoms with Crippen molar-refractivity contribution in [3.8, 4) is 5.88 Å². The Hall–Kier alpha value is -3.14. The minimum atomic E-state index is -2.59. The summed E-state index contributed by atoms with van der Waals surface area (Å²) >= 11 is 0. The van der Waals surface area contributed by atoms with Gasteiger partial charge >= 0.3 is 0 Å². The summed E-state index contributed by atoms with van der Waals surface area (Å²) in [4.78, 5) is 34.9. The number of fused-ring (bicyclic) bond motifs is 1. The molecule has 0 fully saturated rings. The van der Waals surface area contributed by atoms with E-state index in [1.165, 1.54) is 12.4 Å². The molecule has 2 aromatic rings. The van der Waals surface area contributed by atoms with Gasteiger partial charge in [-0.2, -0.15) is 0 Å². The number of hydrogen-bond donors (Lipinski definition) is 2. The average molecular weight is 420 g/mol. The van der Waals surface area contributed by atoms with Gasteiger partial charge < -0.3 is 20.1 Å². The number of nitrogens with one attached hydrogen (secondary N) is 1. The number of halogens is 2. The number of pyridine rings is 2. The second kappa shape index (κ2) is 9.57. The number of rotatable bonds is 9. The molecule has 0 saturated carbocycles.